The van der Waals surface area contributed by atoms with Gasteiger partial charge in [-0.25, -0.2) is 0 Å². The zero-order chi connectivity index (χ0) is 11.7. The van der Waals surface area contributed by atoms with Gasteiger partial charge in [0.05, 0.1) is 12.3 Å². The van der Waals surface area contributed by atoms with Gasteiger partial charge in [-0.1, -0.05) is 0 Å². The number of rotatable bonds is 2. The van der Waals surface area contributed by atoms with Crippen molar-refractivity contribution < 1.29 is 14.6 Å². The van der Waals surface area contributed by atoms with Gasteiger partial charge in [0.15, 0.2) is 11.5 Å². The number of ether oxygens (including phenoxy) is 2. The standard InChI is InChI=1S/C13H13NO3/c15-8-9-5-11(14-7-9)10-1-2-12-13(6-10)17-4-3-16-12/h1-2,6-7,15H,3-5,8H2. The summed E-state index contributed by atoms with van der Waals surface area (Å²) in [6.45, 7) is 1.25. The highest BCUT2D eigenvalue weighted by Crippen LogP contribution is 2.32. The first-order chi connectivity index (χ1) is 8.36. The monoisotopic (exact) mass is 231 g/mol. The molecule has 2 aliphatic rings. The van der Waals surface area contributed by atoms with Gasteiger partial charge in [0, 0.05) is 18.2 Å². The van der Waals surface area contributed by atoms with Gasteiger partial charge in [-0.3, -0.25) is 4.99 Å². The van der Waals surface area contributed by atoms with Crippen molar-refractivity contribution >= 4 is 5.71 Å². The van der Waals surface area contributed by atoms with E-state index in [-0.39, 0.29) is 6.61 Å². The van der Waals surface area contributed by atoms with E-state index in [9.17, 15) is 0 Å². The molecule has 1 aromatic rings. The summed E-state index contributed by atoms with van der Waals surface area (Å²) in [5, 5.41) is 9.04. The van der Waals surface area contributed by atoms with Crippen LogP contribution in [0.2, 0.25) is 0 Å². The van der Waals surface area contributed by atoms with Gasteiger partial charge in [0.1, 0.15) is 13.2 Å². The number of hydrogen-bond acceptors (Lipinski definition) is 4. The van der Waals surface area contributed by atoms with E-state index in [0.717, 1.165) is 28.3 Å². The van der Waals surface area contributed by atoms with Crippen molar-refractivity contribution in [2.24, 2.45) is 4.99 Å². The summed E-state index contributed by atoms with van der Waals surface area (Å²) in [7, 11) is 0. The van der Waals surface area contributed by atoms with Crippen molar-refractivity contribution in [3.05, 3.63) is 35.5 Å². The molecule has 0 saturated carbocycles. The summed E-state index contributed by atoms with van der Waals surface area (Å²) in [6.07, 6.45) is 2.43. The molecule has 0 aliphatic carbocycles. The number of aliphatic hydroxyl groups excluding tert-OH is 1. The Balaban J connectivity index is 1.86. The number of aliphatic imine (C=N–C) groups is 1. The highest BCUT2D eigenvalue weighted by molar-refractivity contribution is 6.04. The molecule has 2 aliphatic heterocycles. The molecule has 3 rings (SSSR count). The van der Waals surface area contributed by atoms with Gasteiger partial charge in [0.25, 0.3) is 0 Å². The molecule has 0 unspecified atom stereocenters. The van der Waals surface area contributed by atoms with Gasteiger partial charge >= 0.3 is 0 Å². The molecule has 0 saturated heterocycles. The summed E-state index contributed by atoms with van der Waals surface area (Å²) in [5.41, 5.74) is 2.93. The molecule has 0 radical (unpaired) electrons. The van der Waals surface area contributed by atoms with E-state index in [1.807, 2.05) is 18.2 Å². The first-order valence-electron chi connectivity index (χ1n) is 5.62. The average Bonchev–Trinajstić information content (AvgIpc) is 2.87. The number of fused-ring (bicyclic) bond motifs is 1. The van der Waals surface area contributed by atoms with Crippen LogP contribution in [0.1, 0.15) is 12.0 Å². The van der Waals surface area contributed by atoms with E-state index in [2.05, 4.69) is 4.99 Å². The maximum Gasteiger partial charge on any atom is 0.162 e. The van der Waals surface area contributed by atoms with E-state index < -0.39 is 0 Å². The summed E-state index contributed by atoms with van der Waals surface area (Å²) in [5.74, 6) is 1.56. The second-order valence-corrected chi connectivity index (χ2v) is 4.06. The molecule has 4 nitrogen and oxygen atoms in total. The number of hydrogen-bond donors (Lipinski definition) is 1. The Morgan fingerprint density at radius 3 is 2.76 bits per heavy atom. The third-order valence-electron chi connectivity index (χ3n) is 2.88. The van der Waals surface area contributed by atoms with E-state index >= 15 is 0 Å². The number of nitrogens with zero attached hydrogens (tertiary/aromatic N) is 1. The molecule has 1 N–H and O–H groups in total. The lowest BCUT2D eigenvalue weighted by Gasteiger charge is -2.18. The lowest BCUT2D eigenvalue weighted by Crippen LogP contribution is -2.15. The Labute approximate surface area is 99.2 Å². The fraction of sp³-hybridized carbons (Fsp3) is 0.308. The fourth-order valence-electron chi connectivity index (χ4n) is 1.97. The smallest absolute Gasteiger partial charge is 0.162 e. The molecule has 0 fully saturated rings. The van der Waals surface area contributed by atoms with Crippen LogP contribution < -0.4 is 9.47 Å². The molecule has 0 spiro atoms. The average molecular weight is 231 g/mol. The van der Waals surface area contributed by atoms with Crippen LogP contribution in [0.5, 0.6) is 11.5 Å². The zero-order valence-corrected chi connectivity index (χ0v) is 9.35. The quantitative estimate of drug-likeness (QED) is 0.839. The van der Waals surface area contributed by atoms with Gasteiger partial charge in [-0.15, -0.1) is 0 Å². The highest BCUT2D eigenvalue weighted by Gasteiger charge is 2.16. The summed E-state index contributed by atoms with van der Waals surface area (Å²) < 4.78 is 11.0. The molecule has 88 valence electrons. The van der Waals surface area contributed by atoms with E-state index in [4.69, 9.17) is 14.6 Å². The van der Waals surface area contributed by atoms with E-state index in [0.29, 0.717) is 19.6 Å². The number of benzene rings is 1. The van der Waals surface area contributed by atoms with Crippen LogP contribution in [0.4, 0.5) is 0 Å². The Bertz CT molecular complexity index is 505. The molecular formula is C13H13NO3. The lowest BCUT2D eigenvalue weighted by molar-refractivity contribution is 0.171. The van der Waals surface area contributed by atoms with Crippen LogP contribution in [0.25, 0.3) is 0 Å². The van der Waals surface area contributed by atoms with E-state index in [1.165, 1.54) is 0 Å². The Kier molecular flexibility index (Phi) is 2.57. The minimum Gasteiger partial charge on any atom is -0.486 e. The summed E-state index contributed by atoms with van der Waals surface area (Å²) in [4.78, 5) is 4.31. The molecular weight excluding hydrogens is 218 g/mol. The van der Waals surface area contributed by atoms with Crippen LogP contribution >= 0.6 is 0 Å². The Hall–Kier alpha value is -1.81. The van der Waals surface area contributed by atoms with Gasteiger partial charge in [0.2, 0.25) is 0 Å². The molecule has 4 heteroatoms. The van der Waals surface area contributed by atoms with Crippen molar-refractivity contribution in [2.75, 3.05) is 19.8 Å². The first-order valence-corrected chi connectivity index (χ1v) is 5.62. The SMILES string of the molecule is OCC1=CN=C(c2ccc3c(c2)OCCO3)C1. The van der Waals surface area contributed by atoms with Crippen molar-refractivity contribution in [2.45, 2.75) is 6.42 Å². The molecule has 0 bridgehead atoms. The predicted octanol–water partition coefficient (Wildman–Crippen LogP) is 1.53. The van der Waals surface area contributed by atoms with Crippen LogP contribution in [-0.4, -0.2) is 30.6 Å². The lowest BCUT2D eigenvalue weighted by atomic mass is 10.0. The fourth-order valence-corrected chi connectivity index (χ4v) is 1.97. The van der Waals surface area contributed by atoms with Crippen LogP contribution in [-0.2, 0) is 0 Å². The minimum atomic E-state index is 0.0670. The molecule has 17 heavy (non-hydrogen) atoms. The second kappa shape index (κ2) is 4.22. The van der Waals surface area contributed by atoms with Gasteiger partial charge < -0.3 is 14.6 Å². The Morgan fingerprint density at radius 1 is 1.18 bits per heavy atom. The molecule has 1 aromatic carbocycles. The predicted molar refractivity (Wildman–Crippen MR) is 63.8 cm³/mol. The third-order valence-corrected chi connectivity index (χ3v) is 2.88. The van der Waals surface area contributed by atoms with Crippen LogP contribution in [0.3, 0.4) is 0 Å². The van der Waals surface area contributed by atoms with Crippen molar-refractivity contribution in [1.29, 1.82) is 0 Å². The summed E-state index contributed by atoms with van der Waals surface area (Å²) >= 11 is 0. The first kappa shape index (κ1) is 10.4. The maximum absolute atomic E-state index is 9.04. The minimum absolute atomic E-state index is 0.0670. The largest absolute Gasteiger partial charge is 0.486 e. The third kappa shape index (κ3) is 1.91. The van der Waals surface area contributed by atoms with E-state index in [1.54, 1.807) is 6.20 Å². The normalized spacial score (nSPS) is 17.7. The van der Waals surface area contributed by atoms with Crippen LogP contribution in [0.15, 0.2) is 35.0 Å². The number of aliphatic hydroxyl groups is 1. The highest BCUT2D eigenvalue weighted by atomic mass is 16.6. The van der Waals surface area contributed by atoms with Gasteiger partial charge in [-0.05, 0) is 23.8 Å². The maximum atomic E-state index is 9.04. The van der Waals surface area contributed by atoms with Crippen LogP contribution in [0, 0.1) is 0 Å². The second-order valence-electron chi connectivity index (χ2n) is 4.06. The zero-order valence-electron chi connectivity index (χ0n) is 9.35. The summed E-state index contributed by atoms with van der Waals surface area (Å²) in [6, 6.07) is 5.82. The van der Waals surface area contributed by atoms with Gasteiger partial charge in [-0.2, -0.15) is 0 Å². The molecule has 0 aromatic heterocycles. The molecule has 0 atom stereocenters. The Morgan fingerprint density at radius 2 is 2.00 bits per heavy atom. The van der Waals surface area contributed by atoms with Crippen molar-refractivity contribution in [3.63, 3.8) is 0 Å². The van der Waals surface area contributed by atoms with Crippen molar-refractivity contribution in [1.82, 2.24) is 0 Å². The topological polar surface area (TPSA) is 51.1 Å². The van der Waals surface area contributed by atoms with Crippen molar-refractivity contribution in [3.8, 4) is 11.5 Å². The molecule has 0 amide bonds. The molecule has 2 heterocycles.